The molecule has 1 saturated heterocycles. The van der Waals surface area contributed by atoms with Gasteiger partial charge in [-0.1, -0.05) is 29.3 Å². The molecule has 4 rings (SSSR count). The summed E-state index contributed by atoms with van der Waals surface area (Å²) in [6.07, 6.45) is 3.80. The molecule has 176 valence electrons. The number of carbonyl (C=O) groups is 1. The fraction of sp³-hybridized carbons (Fsp3) is 0.458. The van der Waals surface area contributed by atoms with Gasteiger partial charge >= 0.3 is 0 Å². The second kappa shape index (κ2) is 9.87. The van der Waals surface area contributed by atoms with Crippen molar-refractivity contribution in [3.8, 4) is 5.75 Å². The second-order valence-electron chi connectivity index (χ2n) is 8.66. The number of likely N-dealkylation sites (tertiary alicyclic amines) is 1. The number of ether oxygens (including phenoxy) is 1. The SMILES string of the molecule is COc1ccc([N+](=O)[O-])c2c1CC[C@H](N1CCCC1)[C@H]2N(C)C(=O)Cc1ccc(Cl)c(Cl)c1. The van der Waals surface area contributed by atoms with E-state index in [1.54, 1.807) is 43.3 Å². The van der Waals surface area contributed by atoms with Gasteiger partial charge in [0.15, 0.2) is 0 Å². The number of hydrogen-bond acceptors (Lipinski definition) is 5. The van der Waals surface area contributed by atoms with Crippen LogP contribution in [0.4, 0.5) is 5.69 Å². The Balaban J connectivity index is 1.75. The van der Waals surface area contributed by atoms with Crippen LogP contribution in [-0.4, -0.2) is 53.9 Å². The third kappa shape index (κ3) is 4.67. The number of halogens is 2. The van der Waals surface area contributed by atoms with E-state index in [4.69, 9.17) is 27.9 Å². The van der Waals surface area contributed by atoms with Crippen LogP contribution in [0.1, 0.15) is 42.0 Å². The quantitative estimate of drug-likeness (QED) is 0.416. The first-order valence-corrected chi connectivity index (χ1v) is 11.8. The van der Waals surface area contributed by atoms with Crippen LogP contribution in [0.25, 0.3) is 0 Å². The molecule has 1 aliphatic carbocycles. The molecule has 0 N–H and O–H groups in total. The number of nitro groups is 1. The largest absolute Gasteiger partial charge is 0.496 e. The Morgan fingerprint density at radius 1 is 1.21 bits per heavy atom. The first-order chi connectivity index (χ1) is 15.8. The summed E-state index contributed by atoms with van der Waals surface area (Å²) in [6, 6.07) is 7.85. The van der Waals surface area contributed by atoms with E-state index in [-0.39, 0.29) is 29.0 Å². The molecule has 0 saturated carbocycles. The number of benzene rings is 2. The average Bonchev–Trinajstić information content (AvgIpc) is 3.34. The Bertz CT molecular complexity index is 1070. The van der Waals surface area contributed by atoms with E-state index in [0.29, 0.717) is 27.8 Å². The number of rotatable bonds is 6. The van der Waals surface area contributed by atoms with Gasteiger partial charge in [-0.2, -0.15) is 0 Å². The highest BCUT2D eigenvalue weighted by Crippen LogP contribution is 2.45. The second-order valence-corrected chi connectivity index (χ2v) is 9.47. The molecule has 1 amide bonds. The minimum atomic E-state index is -0.447. The number of carbonyl (C=O) groups excluding carboxylic acids is 1. The van der Waals surface area contributed by atoms with E-state index >= 15 is 0 Å². The smallest absolute Gasteiger partial charge is 0.275 e. The molecule has 2 atom stereocenters. The van der Waals surface area contributed by atoms with Gasteiger partial charge in [-0.3, -0.25) is 19.8 Å². The fourth-order valence-electron chi connectivity index (χ4n) is 5.22. The highest BCUT2D eigenvalue weighted by Gasteiger charge is 2.43. The highest BCUT2D eigenvalue weighted by atomic mass is 35.5. The van der Waals surface area contributed by atoms with Crippen LogP contribution in [0.5, 0.6) is 5.75 Å². The van der Waals surface area contributed by atoms with Crippen molar-refractivity contribution in [1.29, 1.82) is 0 Å². The van der Waals surface area contributed by atoms with Crippen LogP contribution in [0.15, 0.2) is 30.3 Å². The van der Waals surface area contributed by atoms with Crippen LogP contribution < -0.4 is 4.74 Å². The van der Waals surface area contributed by atoms with E-state index < -0.39 is 6.04 Å². The average molecular weight is 492 g/mol. The zero-order valence-corrected chi connectivity index (χ0v) is 20.2. The molecule has 1 fully saturated rings. The Morgan fingerprint density at radius 2 is 1.94 bits per heavy atom. The number of fused-ring (bicyclic) bond motifs is 1. The number of amides is 1. The Labute approximate surface area is 203 Å². The topological polar surface area (TPSA) is 75.9 Å². The van der Waals surface area contributed by atoms with Crippen LogP contribution in [0.2, 0.25) is 10.0 Å². The molecule has 0 radical (unpaired) electrons. The van der Waals surface area contributed by atoms with E-state index in [1.807, 2.05) is 0 Å². The normalized spacial score (nSPS) is 20.4. The van der Waals surface area contributed by atoms with Crippen molar-refractivity contribution in [2.45, 2.75) is 44.2 Å². The summed E-state index contributed by atoms with van der Waals surface area (Å²) < 4.78 is 5.55. The van der Waals surface area contributed by atoms with E-state index in [9.17, 15) is 14.9 Å². The Morgan fingerprint density at radius 3 is 2.58 bits per heavy atom. The summed E-state index contributed by atoms with van der Waals surface area (Å²) in [5, 5.41) is 12.8. The number of methoxy groups -OCH3 is 1. The summed E-state index contributed by atoms with van der Waals surface area (Å²) in [5.41, 5.74) is 2.19. The number of likely N-dealkylation sites (N-methyl/N-ethyl adjacent to an activating group) is 1. The molecular formula is C24H27Cl2N3O4. The zero-order chi connectivity index (χ0) is 23.7. The van der Waals surface area contributed by atoms with Crippen molar-refractivity contribution in [3.05, 3.63) is 67.2 Å². The summed E-state index contributed by atoms with van der Waals surface area (Å²) in [7, 11) is 3.31. The maximum Gasteiger partial charge on any atom is 0.275 e. The molecule has 9 heteroatoms. The third-order valence-corrected chi connectivity index (χ3v) is 7.56. The van der Waals surface area contributed by atoms with Crippen molar-refractivity contribution in [2.24, 2.45) is 0 Å². The van der Waals surface area contributed by atoms with Crippen LogP contribution in [-0.2, 0) is 17.6 Å². The molecular weight excluding hydrogens is 465 g/mol. The van der Waals surface area contributed by atoms with Crippen LogP contribution in [0, 0.1) is 10.1 Å². The third-order valence-electron chi connectivity index (χ3n) is 6.82. The minimum Gasteiger partial charge on any atom is -0.496 e. The number of hydrogen-bond donors (Lipinski definition) is 0. The number of nitrogens with zero attached hydrogens (tertiary/aromatic N) is 3. The van der Waals surface area contributed by atoms with E-state index in [0.717, 1.165) is 43.5 Å². The van der Waals surface area contributed by atoms with Gasteiger partial charge in [0.05, 0.1) is 40.1 Å². The molecule has 0 aromatic heterocycles. The molecule has 2 aliphatic rings. The van der Waals surface area contributed by atoms with Gasteiger partial charge in [-0.25, -0.2) is 0 Å². The predicted molar refractivity (Wildman–Crippen MR) is 128 cm³/mol. The maximum atomic E-state index is 13.4. The lowest BCUT2D eigenvalue weighted by Crippen LogP contribution is -2.49. The predicted octanol–water partition coefficient (Wildman–Crippen LogP) is 5.06. The van der Waals surface area contributed by atoms with Crippen molar-refractivity contribution in [1.82, 2.24) is 9.80 Å². The van der Waals surface area contributed by atoms with Crippen molar-refractivity contribution >= 4 is 34.8 Å². The lowest BCUT2D eigenvalue weighted by molar-refractivity contribution is -0.386. The van der Waals surface area contributed by atoms with Gasteiger partial charge < -0.3 is 9.64 Å². The number of nitro benzene ring substituents is 1. The summed E-state index contributed by atoms with van der Waals surface area (Å²) in [6.45, 7) is 1.87. The monoisotopic (exact) mass is 491 g/mol. The molecule has 1 aliphatic heterocycles. The van der Waals surface area contributed by atoms with Gasteiger partial charge in [0.1, 0.15) is 5.75 Å². The lowest BCUT2D eigenvalue weighted by Gasteiger charge is -2.43. The van der Waals surface area contributed by atoms with Crippen LogP contribution >= 0.6 is 23.2 Å². The Kier molecular flexibility index (Phi) is 7.12. The standard InChI is InChI=1S/C24H27Cl2N3O4/c1-27(22(30)14-15-5-7-17(25)18(26)13-15)24-20(28-11-3-4-12-28)8-6-16-21(33-2)10-9-19(23(16)24)29(31)32/h5,7,9-10,13,20,24H,3-4,6,8,11-12,14H2,1-2H3/t20-,24+/m0/s1. The zero-order valence-electron chi connectivity index (χ0n) is 18.7. The van der Waals surface area contributed by atoms with E-state index in [2.05, 4.69) is 4.90 Å². The lowest BCUT2D eigenvalue weighted by atomic mass is 9.80. The molecule has 0 spiro atoms. The Hall–Kier alpha value is -2.35. The summed E-state index contributed by atoms with van der Waals surface area (Å²) >= 11 is 12.2. The van der Waals surface area contributed by atoms with E-state index in [1.165, 1.54) is 6.07 Å². The summed E-state index contributed by atoms with van der Waals surface area (Å²) in [5.74, 6) is 0.498. The molecule has 1 heterocycles. The van der Waals surface area contributed by atoms with Crippen molar-refractivity contribution < 1.29 is 14.5 Å². The van der Waals surface area contributed by atoms with Gasteiger partial charge in [0.2, 0.25) is 5.91 Å². The first kappa shape index (κ1) is 23.8. The van der Waals surface area contributed by atoms with Crippen LogP contribution in [0.3, 0.4) is 0 Å². The molecule has 0 unspecified atom stereocenters. The van der Waals surface area contributed by atoms with Crippen molar-refractivity contribution in [2.75, 3.05) is 27.2 Å². The molecule has 2 aromatic carbocycles. The molecule has 2 aromatic rings. The molecule has 33 heavy (non-hydrogen) atoms. The fourth-order valence-corrected chi connectivity index (χ4v) is 5.55. The highest BCUT2D eigenvalue weighted by molar-refractivity contribution is 6.42. The first-order valence-electron chi connectivity index (χ1n) is 11.1. The van der Waals surface area contributed by atoms with Gasteiger partial charge in [-0.05, 0) is 62.5 Å². The molecule has 7 nitrogen and oxygen atoms in total. The van der Waals surface area contributed by atoms with Gasteiger partial charge in [0, 0.05) is 24.7 Å². The maximum absolute atomic E-state index is 13.4. The minimum absolute atomic E-state index is 0.00793. The van der Waals surface area contributed by atoms with Gasteiger partial charge in [-0.15, -0.1) is 0 Å². The van der Waals surface area contributed by atoms with Crippen molar-refractivity contribution in [3.63, 3.8) is 0 Å². The van der Waals surface area contributed by atoms with Gasteiger partial charge in [0.25, 0.3) is 5.69 Å². The molecule has 0 bridgehead atoms. The summed E-state index contributed by atoms with van der Waals surface area (Å²) in [4.78, 5) is 29.2.